The third-order valence-electron chi connectivity index (χ3n) is 5.05. The van der Waals surface area contributed by atoms with Crippen LogP contribution in [0.1, 0.15) is 71.1 Å². The highest BCUT2D eigenvalue weighted by atomic mass is 15.4. The second kappa shape index (κ2) is 5.54. The molecule has 1 fully saturated rings. The summed E-state index contributed by atoms with van der Waals surface area (Å²) in [5.74, 6) is 0. The summed E-state index contributed by atoms with van der Waals surface area (Å²) in [7, 11) is 0. The van der Waals surface area contributed by atoms with E-state index in [1.807, 2.05) is 0 Å². The minimum Gasteiger partial charge on any atom is -0.353 e. The first-order valence-corrected chi connectivity index (χ1v) is 8.13. The molecule has 0 amide bonds. The van der Waals surface area contributed by atoms with Crippen molar-refractivity contribution in [2.45, 2.75) is 77.3 Å². The minimum atomic E-state index is 0.645. The van der Waals surface area contributed by atoms with Gasteiger partial charge in [-0.2, -0.15) is 0 Å². The van der Waals surface area contributed by atoms with Crippen LogP contribution in [0.4, 0.5) is 0 Å². The zero-order chi connectivity index (χ0) is 12.4. The number of nitrogens with zero attached hydrogens (tertiary/aromatic N) is 2. The molecule has 2 heteroatoms. The van der Waals surface area contributed by atoms with E-state index >= 15 is 0 Å². The van der Waals surface area contributed by atoms with E-state index in [1.165, 1.54) is 77.3 Å². The van der Waals surface area contributed by atoms with Gasteiger partial charge < -0.3 is 9.80 Å². The molecule has 2 heterocycles. The SMILES string of the molecule is CC1N2CCCCCCN1C1=C2CCCCCC1. The van der Waals surface area contributed by atoms with Crippen LogP contribution in [0, 0.1) is 0 Å². The van der Waals surface area contributed by atoms with E-state index < -0.39 is 0 Å². The summed E-state index contributed by atoms with van der Waals surface area (Å²) < 4.78 is 0. The van der Waals surface area contributed by atoms with E-state index in [9.17, 15) is 0 Å². The highest BCUT2D eigenvalue weighted by molar-refractivity contribution is 5.21. The van der Waals surface area contributed by atoms with Gasteiger partial charge in [-0.1, -0.05) is 25.7 Å². The summed E-state index contributed by atoms with van der Waals surface area (Å²) in [5, 5.41) is 0. The Morgan fingerprint density at radius 2 is 1.11 bits per heavy atom. The molecule has 0 saturated carbocycles. The van der Waals surface area contributed by atoms with Crippen molar-refractivity contribution in [2.24, 2.45) is 0 Å². The zero-order valence-electron chi connectivity index (χ0n) is 12.0. The topological polar surface area (TPSA) is 6.48 Å². The van der Waals surface area contributed by atoms with Crippen molar-refractivity contribution in [2.75, 3.05) is 13.1 Å². The maximum Gasteiger partial charge on any atom is 0.0982 e. The van der Waals surface area contributed by atoms with Crippen LogP contribution in [0.2, 0.25) is 0 Å². The largest absolute Gasteiger partial charge is 0.353 e. The van der Waals surface area contributed by atoms with Crippen molar-refractivity contribution in [3.05, 3.63) is 11.4 Å². The lowest BCUT2D eigenvalue weighted by molar-refractivity contribution is 0.154. The molecule has 18 heavy (non-hydrogen) atoms. The lowest BCUT2D eigenvalue weighted by atomic mass is 10.0. The van der Waals surface area contributed by atoms with E-state index in [2.05, 4.69) is 16.7 Å². The normalized spacial score (nSPS) is 27.2. The first kappa shape index (κ1) is 12.4. The third kappa shape index (κ3) is 2.26. The van der Waals surface area contributed by atoms with Gasteiger partial charge in [0.15, 0.2) is 0 Å². The summed E-state index contributed by atoms with van der Waals surface area (Å²) >= 11 is 0. The Hall–Kier alpha value is -0.660. The monoisotopic (exact) mass is 248 g/mol. The number of hydrogen-bond acceptors (Lipinski definition) is 2. The Morgan fingerprint density at radius 1 is 0.667 bits per heavy atom. The van der Waals surface area contributed by atoms with Crippen molar-refractivity contribution in [1.82, 2.24) is 9.80 Å². The van der Waals surface area contributed by atoms with Gasteiger partial charge >= 0.3 is 0 Å². The molecule has 2 aliphatic heterocycles. The smallest absolute Gasteiger partial charge is 0.0982 e. The van der Waals surface area contributed by atoms with Gasteiger partial charge in [0.25, 0.3) is 0 Å². The second-order valence-electron chi connectivity index (χ2n) is 6.24. The fourth-order valence-electron chi connectivity index (χ4n) is 4.03. The van der Waals surface area contributed by atoms with Crippen LogP contribution in [-0.4, -0.2) is 29.1 Å². The van der Waals surface area contributed by atoms with Crippen molar-refractivity contribution >= 4 is 0 Å². The molecule has 3 rings (SSSR count). The highest BCUT2D eigenvalue weighted by Crippen LogP contribution is 2.37. The quantitative estimate of drug-likeness (QED) is 0.637. The number of hydrogen-bond donors (Lipinski definition) is 0. The molecule has 1 aliphatic carbocycles. The van der Waals surface area contributed by atoms with E-state index in [-0.39, 0.29) is 0 Å². The summed E-state index contributed by atoms with van der Waals surface area (Å²) in [6, 6.07) is 0. The number of fused-ring (bicyclic) bond motifs is 4. The van der Waals surface area contributed by atoms with Gasteiger partial charge in [0, 0.05) is 24.5 Å². The maximum atomic E-state index is 2.74. The van der Waals surface area contributed by atoms with Gasteiger partial charge in [-0.25, -0.2) is 0 Å². The first-order valence-electron chi connectivity index (χ1n) is 8.13. The number of allylic oxidation sites excluding steroid dienone is 2. The molecule has 0 aromatic carbocycles. The Bertz CT molecular complexity index is 291. The Morgan fingerprint density at radius 3 is 1.61 bits per heavy atom. The molecular weight excluding hydrogens is 220 g/mol. The summed E-state index contributed by atoms with van der Waals surface area (Å²) in [6.07, 6.45) is 14.7. The fraction of sp³-hybridized carbons (Fsp3) is 0.875. The van der Waals surface area contributed by atoms with Crippen LogP contribution in [0.25, 0.3) is 0 Å². The molecule has 102 valence electrons. The minimum absolute atomic E-state index is 0.645. The van der Waals surface area contributed by atoms with Crippen molar-refractivity contribution < 1.29 is 0 Å². The van der Waals surface area contributed by atoms with Crippen molar-refractivity contribution in [3.63, 3.8) is 0 Å². The molecule has 0 spiro atoms. The van der Waals surface area contributed by atoms with Crippen LogP contribution in [0.3, 0.4) is 0 Å². The van der Waals surface area contributed by atoms with Gasteiger partial charge in [-0.15, -0.1) is 0 Å². The Kier molecular flexibility index (Phi) is 3.81. The average Bonchev–Trinajstić information content (AvgIpc) is 2.62. The third-order valence-corrected chi connectivity index (χ3v) is 5.05. The molecule has 3 aliphatic rings. The lowest BCUT2D eigenvalue weighted by Gasteiger charge is -2.31. The molecule has 0 atom stereocenters. The number of rotatable bonds is 0. The molecule has 0 unspecified atom stereocenters. The summed E-state index contributed by atoms with van der Waals surface area (Å²) in [6.45, 7) is 5.03. The predicted molar refractivity (Wildman–Crippen MR) is 76.1 cm³/mol. The van der Waals surface area contributed by atoms with Crippen LogP contribution < -0.4 is 0 Å². The molecule has 2 bridgehead atoms. The molecule has 0 N–H and O–H groups in total. The first-order chi connectivity index (χ1) is 8.88. The molecule has 0 aromatic rings. The van der Waals surface area contributed by atoms with Crippen LogP contribution in [-0.2, 0) is 0 Å². The fourth-order valence-corrected chi connectivity index (χ4v) is 4.03. The molecule has 2 nitrogen and oxygen atoms in total. The summed E-state index contributed by atoms with van der Waals surface area (Å²) in [5.41, 5.74) is 3.45. The zero-order valence-corrected chi connectivity index (χ0v) is 12.0. The Balaban J connectivity index is 1.88. The average molecular weight is 248 g/mol. The van der Waals surface area contributed by atoms with Gasteiger partial charge in [0.2, 0.25) is 0 Å². The van der Waals surface area contributed by atoms with Crippen molar-refractivity contribution in [1.29, 1.82) is 0 Å². The van der Waals surface area contributed by atoms with Gasteiger partial charge in [-0.05, 0) is 45.4 Å². The van der Waals surface area contributed by atoms with Gasteiger partial charge in [-0.3, -0.25) is 0 Å². The predicted octanol–water partition coefficient (Wildman–Crippen LogP) is 4.09. The second-order valence-corrected chi connectivity index (χ2v) is 6.24. The van der Waals surface area contributed by atoms with Gasteiger partial charge in [0.05, 0.1) is 6.17 Å². The van der Waals surface area contributed by atoms with Crippen LogP contribution >= 0.6 is 0 Å². The van der Waals surface area contributed by atoms with Crippen molar-refractivity contribution in [3.8, 4) is 0 Å². The molecular formula is C16H28N2. The van der Waals surface area contributed by atoms with Crippen LogP contribution in [0.5, 0.6) is 0 Å². The van der Waals surface area contributed by atoms with E-state index in [1.54, 1.807) is 11.4 Å². The molecule has 0 aromatic heterocycles. The molecule has 0 radical (unpaired) electrons. The standard InChI is InChI=1S/C16H28N2/c1-14-17-12-8-4-5-9-13-18(14)16-11-7-3-2-6-10-15(16)17/h14H,2-13H2,1H3. The van der Waals surface area contributed by atoms with E-state index in [0.29, 0.717) is 6.17 Å². The van der Waals surface area contributed by atoms with Gasteiger partial charge in [0.1, 0.15) is 0 Å². The lowest BCUT2D eigenvalue weighted by Crippen LogP contribution is -2.38. The molecule has 1 saturated heterocycles. The maximum absolute atomic E-state index is 2.74. The highest BCUT2D eigenvalue weighted by Gasteiger charge is 2.34. The van der Waals surface area contributed by atoms with Crippen LogP contribution in [0.15, 0.2) is 11.4 Å². The van der Waals surface area contributed by atoms with E-state index in [0.717, 1.165) is 0 Å². The van der Waals surface area contributed by atoms with E-state index in [4.69, 9.17) is 0 Å². The Labute approximate surface area is 112 Å². The summed E-state index contributed by atoms with van der Waals surface area (Å²) in [4.78, 5) is 5.48.